The monoisotopic (exact) mass is 264 g/mol. The Morgan fingerprint density at radius 1 is 0.895 bits per heavy atom. The van der Waals surface area contributed by atoms with Gasteiger partial charge in [0, 0.05) is 5.56 Å². The third kappa shape index (κ3) is 2.38. The minimum absolute atomic E-state index is 0.244. The first-order valence-corrected chi connectivity index (χ1v) is 5.67. The van der Waals surface area contributed by atoms with Gasteiger partial charge in [-0.3, -0.25) is 4.79 Å². The zero-order chi connectivity index (χ0) is 14.2. The van der Waals surface area contributed by atoms with Crippen LogP contribution >= 0.6 is 0 Å². The number of carbonyl (C=O) groups excluding carboxylic acids is 1. The molecule has 4 heteroatoms. The van der Waals surface area contributed by atoms with Crippen LogP contribution in [0.3, 0.4) is 0 Å². The summed E-state index contributed by atoms with van der Waals surface area (Å²) >= 11 is 0. The van der Waals surface area contributed by atoms with Gasteiger partial charge in [-0.2, -0.15) is 0 Å². The van der Waals surface area contributed by atoms with Gasteiger partial charge < -0.3 is 0 Å². The summed E-state index contributed by atoms with van der Waals surface area (Å²) in [5, 5.41) is 0. The Morgan fingerprint density at radius 2 is 1.58 bits per heavy atom. The average Bonchev–Trinajstić information content (AvgIpc) is 2.39. The molecule has 0 aromatic heterocycles. The van der Waals surface area contributed by atoms with Crippen molar-refractivity contribution in [2.45, 2.75) is 13.8 Å². The van der Waals surface area contributed by atoms with E-state index in [0.717, 1.165) is 23.3 Å². The lowest BCUT2D eigenvalue weighted by molar-refractivity contribution is 0.103. The second-order valence-electron chi connectivity index (χ2n) is 4.35. The van der Waals surface area contributed by atoms with E-state index in [1.165, 1.54) is 6.07 Å². The van der Waals surface area contributed by atoms with Crippen molar-refractivity contribution in [1.82, 2.24) is 0 Å². The highest BCUT2D eigenvalue weighted by Gasteiger charge is 2.20. The van der Waals surface area contributed by atoms with E-state index in [9.17, 15) is 18.0 Å². The van der Waals surface area contributed by atoms with Gasteiger partial charge in [-0.1, -0.05) is 12.1 Å². The molecule has 98 valence electrons. The minimum Gasteiger partial charge on any atom is -0.288 e. The van der Waals surface area contributed by atoms with Gasteiger partial charge in [-0.05, 0) is 43.2 Å². The van der Waals surface area contributed by atoms with Crippen LogP contribution in [-0.2, 0) is 0 Å². The topological polar surface area (TPSA) is 17.1 Å². The summed E-state index contributed by atoms with van der Waals surface area (Å²) in [6.45, 7) is 3.69. The Kier molecular flexibility index (Phi) is 3.42. The summed E-state index contributed by atoms with van der Waals surface area (Å²) in [6, 6.07) is 6.54. The van der Waals surface area contributed by atoms with Crippen LogP contribution in [0.15, 0.2) is 30.3 Å². The lowest BCUT2D eigenvalue weighted by Gasteiger charge is -2.06. The Labute approximate surface area is 108 Å². The van der Waals surface area contributed by atoms with Crippen molar-refractivity contribution in [2.24, 2.45) is 0 Å². The molecule has 0 aliphatic carbocycles. The third-order valence-electron chi connectivity index (χ3n) is 3.05. The molecule has 2 aromatic carbocycles. The molecule has 0 heterocycles. The molecular formula is C15H11F3O. The zero-order valence-electron chi connectivity index (χ0n) is 10.4. The summed E-state index contributed by atoms with van der Waals surface area (Å²) in [4.78, 5) is 12.1. The molecule has 0 atom stereocenters. The summed E-state index contributed by atoms with van der Waals surface area (Å²) < 4.78 is 39.5. The number of hydrogen-bond acceptors (Lipinski definition) is 1. The van der Waals surface area contributed by atoms with Crippen molar-refractivity contribution >= 4 is 5.78 Å². The predicted octanol–water partition coefficient (Wildman–Crippen LogP) is 3.95. The zero-order valence-corrected chi connectivity index (χ0v) is 10.4. The molecule has 2 rings (SSSR count). The van der Waals surface area contributed by atoms with Crippen LogP contribution in [0.4, 0.5) is 13.2 Å². The smallest absolute Gasteiger partial charge is 0.196 e. The Morgan fingerprint density at radius 3 is 2.21 bits per heavy atom. The number of halogens is 3. The Bertz CT molecular complexity index is 663. The fourth-order valence-corrected chi connectivity index (χ4v) is 1.74. The molecule has 0 fully saturated rings. The number of carbonyl (C=O) groups is 1. The van der Waals surface area contributed by atoms with Gasteiger partial charge in [0.05, 0.1) is 5.56 Å². The third-order valence-corrected chi connectivity index (χ3v) is 3.05. The molecule has 0 spiro atoms. The highest BCUT2D eigenvalue weighted by molar-refractivity contribution is 6.09. The van der Waals surface area contributed by atoms with Gasteiger partial charge >= 0.3 is 0 Å². The number of benzene rings is 2. The molecule has 0 amide bonds. The number of hydrogen-bond donors (Lipinski definition) is 0. The molecular weight excluding hydrogens is 253 g/mol. The molecule has 0 aliphatic heterocycles. The molecule has 0 saturated heterocycles. The van der Waals surface area contributed by atoms with Crippen LogP contribution in [-0.4, -0.2) is 5.78 Å². The Balaban J connectivity index is 2.50. The molecule has 0 N–H and O–H groups in total. The number of ketones is 1. The second-order valence-corrected chi connectivity index (χ2v) is 4.35. The molecule has 0 saturated carbocycles. The fourth-order valence-electron chi connectivity index (χ4n) is 1.74. The summed E-state index contributed by atoms with van der Waals surface area (Å²) in [6.07, 6.45) is 0. The van der Waals surface area contributed by atoms with Gasteiger partial charge in [0.1, 0.15) is 0 Å². The quantitative estimate of drug-likeness (QED) is 0.593. The van der Waals surface area contributed by atoms with Gasteiger partial charge in [0.15, 0.2) is 23.2 Å². The van der Waals surface area contributed by atoms with Gasteiger partial charge in [0.2, 0.25) is 0 Å². The van der Waals surface area contributed by atoms with Crippen LogP contribution in [0.2, 0.25) is 0 Å². The maximum absolute atomic E-state index is 13.5. The molecule has 0 aliphatic rings. The van der Waals surface area contributed by atoms with Crippen LogP contribution in [0.25, 0.3) is 0 Å². The minimum atomic E-state index is -1.63. The average molecular weight is 264 g/mol. The van der Waals surface area contributed by atoms with E-state index in [4.69, 9.17) is 0 Å². The SMILES string of the molecule is Cc1ccc(C(=O)c2ccc(F)c(F)c2F)cc1C. The summed E-state index contributed by atoms with van der Waals surface area (Å²) in [5.74, 6) is -5.06. The van der Waals surface area contributed by atoms with E-state index >= 15 is 0 Å². The summed E-state index contributed by atoms with van der Waals surface area (Å²) in [7, 11) is 0. The first-order valence-electron chi connectivity index (χ1n) is 5.67. The molecule has 2 aromatic rings. The van der Waals surface area contributed by atoms with E-state index in [2.05, 4.69) is 0 Å². The van der Waals surface area contributed by atoms with Gasteiger partial charge in [0.25, 0.3) is 0 Å². The lowest BCUT2D eigenvalue weighted by atomic mass is 9.99. The molecule has 0 unspecified atom stereocenters. The van der Waals surface area contributed by atoms with E-state index in [1.807, 2.05) is 13.8 Å². The van der Waals surface area contributed by atoms with Crippen molar-refractivity contribution in [3.05, 3.63) is 70.0 Å². The van der Waals surface area contributed by atoms with E-state index in [-0.39, 0.29) is 5.56 Å². The predicted molar refractivity (Wildman–Crippen MR) is 65.7 cm³/mol. The van der Waals surface area contributed by atoms with Crippen LogP contribution in [0.1, 0.15) is 27.0 Å². The summed E-state index contributed by atoms with van der Waals surface area (Å²) in [5.41, 5.74) is 1.63. The largest absolute Gasteiger partial charge is 0.288 e. The van der Waals surface area contributed by atoms with Gasteiger partial charge in [-0.15, -0.1) is 0 Å². The maximum atomic E-state index is 13.5. The maximum Gasteiger partial charge on any atom is 0.196 e. The van der Waals surface area contributed by atoms with Crippen molar-refractivity contribution in [1.29, 1.82) is 0 Å². The first-order chi connectivity index (χ1) is 8.91. The van der Waals surface area contributed by atoms with Crippen molar-refractivity contribution < 1.29 is 18.0 Å². The molecule has 1 nitrogen and oxygen atoms in total. The fraction of sp³-hybridized carbons (Fsp3) is 0.133. The van der Waals surface area contributed by atoms with E-state index < -0.39 is 28.8 Å². The Hall–Kier alpha value is -2.10. The number of rotatable bonds is 2. The standard InChI is InChI=1S/C15H11F3O/c1-8-3-4-10(7-9(8)2)15(19)11-5-6-12(16)14(18)13(11)17/h3-7H,1-2H3. The lowest BCUT2D eigenvalue weighted by Crippen LogP contribution is -2.07. The van der Waals surface area contributed by atoms with Crippen molar-refractivity contribution in [3.8, 4) is 0 Å². The highest BCUT2D eigenvalue weighted by atomic mass is 19.2. The van der Waals surface area contributed by atoms with Crippen molar-refractivity contribution in [3.63, 3.8) is 0 Å². The van der Waals surface area contributed by atoms with Gasteiger partial charge in [-0.25, -0.2) is 13.2 Å². The molecule has 0 bridgehead atoms. The normalized spacial score (nSPS) is 10.6. The molecule has 19 heavy (non-hydrogen) atoms. The van der Waals surface area contributed by atoms with Crippen molar-refractivity contribution in [2.75, 3.05) is 0 Å². The van der Waals surface area contributed by atoms with Crippen LogP contribution in [0, 0.1) is 31.3 Å². The first kappa shape index (κ1) is 13.3. The van der Waals surface area contributed by atoms with Crippen LogP contribution in [0.5, 0.6) is 0 Å². The van der Waals surface area contributed by atoms with Crippen LogP contribution < -0.4 is 0 Å². The van der Waals surface area contributed by atoms with E-state index in [0.29, 0.717) is 0 Å². The second kappa shape index (κ2) is 4.88. The highest BCUT2D eigenvalue weighted by Crippen LogP contribution is 2.20. The molecule has 0 radical (unpaired) electrons. The number of aryl methyl sites for hydroxylation is 2. The van der Waals surface area contributed by atoms with E-state index in [1.54, 1.807) is 12.1 Å².